The lowest BCUT2D eigenvalue weighted by molar-refractivity contribution is -0.120. The van der Waals surface area contributed by atoms with E-state index in [-0.39, 0.29) is 24.5 Å². The first-order chi connectivity index (χ1) is 17.9. The number of amides is 2. The first-order valence-corrected chi connectivity index (χ1v) is 17.6. The van der Waals surface area contributed by atoms with E-state index in [0.717, 1.165) is 52.3 Å². The molecule has 1 aliphatic rings. The van der Waals surface area contributed by atoms with E-state index in [1.165, 1.54) is 0 Å². The number of carbonyl (C=O) groups excluding carboxylic acids is 3. The predicted molar refractivity (Wildman–Crippen MR) is 164 cm³/mol. The minimum absolute atomic E-state index is 0.0259. The fourth-order valence-corrected chi connectivity index (χ4v) is 6.76. The lowest BCUT2D eigenvalue weighted by Crippen LogP contribution is -2.43. The van der Waals surface area contributed by atoms with E-state index in [2.05, 4.69) is 54.5 Å². The second kappa shape index (κ2) is 15.5. The molecule has 0 bridgehead atoms. The van der Waals surface area contributed by atoms with Crippen LogP contribution < -0.4 is 5.32 Å². The van der Waals surface area contributed by atoms with Crippen molar-refractivity contribution in [2.75, 3.05) is 19.6 Å². The summed E-state index contributed by atoms with van der Waals surface area (Å²) in [6, 6.07) is 2.11. The van der Waals surface area contributed by atoms with Crippen LogP contribution in [-0.2, 0) is 20.7 Å². The average Bonchev–Trinajstić information content (AvgIpc) is 3.24. The number of halogens is 2. The summed E-state index contributed by atoms with van der Waals surface area (Å²) in [4.78, 5) is 35.5. The quantitative estimate of drug-likeness (QED) is 0.199. The summed E-state index contributed by atoms with van der Waals surface area (Å²) in [6.45, 7) is 11.0. The number of aliphatic hydroxyl groups is 1. The number of Topliss-reactive ketones (excluding diaryl/α,β-unsaturated/α-hetero) is 1. The van der Waals surface area contributed by atoms with Gasteiger partial charge in [0.2, 0.25) is 6.41 Å². The lowest BCUT2D eigenvalue weighted by atomic mass is 9.93. The van der Waals surface area contributed by atoms with Crippen molar-refractivity contribution >= 4 is 73.5 Å². The Morgan fingerprint density at radius 3 is 2.74 bits per heavy atom. The topological polar surface area (TPSA) is 114 Å². The van der Waals surface area contributed by atoms with Gasteiger partial charge in [-0.1, -0.05) is 0 Å². The lowest BCUT2D eigenvalue weighted by Gasteiger charge is -2.34. The molecule has 2 N–H and O–H groups in total. The molecular formula is C26H39BrIN4O5P. The number of rotatable bonds is 9. The Morgan fingerprint density at radius 2 is 2.13 bits per heavy atom. The predicted octanol–water partition coefficient (Wildman–Crippen LogP) is 5.55. The van der Waals surface area contributed by atoms with Crippen LogP contribution in [0.3, 0.4) is 0 Å². The van der Waals surface area contributed by atoms with Crippen molar-refractivity contribution in [3.05, 3.63) is 27.9 Å². The molecule has 0 spiro atoms. The number of benzene rings is 1. The molecule has 2 heterocycles. The number of fused-ring (bicyclic) bond motifs is 1. The number of aliphatic hydroxyl groups excluding tert-OH is 1. The van der Waals surface area contributed by atoms with Gasteiger partial charge in [-0.3, -0.25) is 9.59 Å². The largest absolute Gasteiger partial charge is 0.444 e. The standard InChI is InChI=1S/C13H14BrIN3O2P.C13H25NO3/c1-8-4-12-11(6-17-18(12)21-15)13(14)10(8)3-2-9(20)5-16-7-19;1-10(15)8-11-6-5-7-14(9-11)12(16)17-13(2,3)4/h4,6-7,21H,2-3,5H2,1H3,(H,16,19);10-11,15H,5-9H2,1-4H3. The summed E-state index contributed by atoms with van der Waals surface area (Å²) >= 11 is 5.94. The number of ether oxygens (including phenoxy) is 1. The molecule has 0 aliphatic carbocycles. The number of hydrogen-bond acceptors (Lipinski definition) is 6. The summed E-state index contributed by atoms with van der Waals surface area (Å²) in [5, 5.41) is 17.2. The molecular weight excluding hydrogens is 686 g/mol. The first kappa shape index (κ1) is 32.9. The molecule has 1 aromatic heterocycles. The Morgan fingerprint density at radius 1 is 1.42 bits per heavy atom. The number of likely N-dealkylation sites (tertiary alicyclic amines) is 1. The van der Waals surface area contributed by atoms with Crippen molar-refractivity contribution < 1.29 is 24.2 Å². The molecule has 212 valence electrons. The second-order valence-electron chi connectivity index (χ2n) is 10.6. The maximum absolute atomic E-state index is 11.9. The van der Waals surface area contributed by atoms with E-state index in [4.69, 9.17) is 4.74 Å². The number of carbonyl (C=O) groups is 3. The molecule has 0 radical (unpaired) electrons. The molecule has 3 atom stereocenters. The highest BCUT2D eigenvalue weighted by atomic mass is 127. The van der Waals surface area contributed by atoms with Gasteiger partial charge in [-0.05, 0) is 121 Å². The maximum atomic E-state index is 11.9. The Hall–Kier alpha value is -1.30. The minimum Gasteiger partial charge on any atom is -0.444 e. The molecule has 3 unspecified atom stereocenters. The normalized spacial score (nSPS) is 16.7. The first-order valence-electron chi connectivity index (χ1n) is 12.7. The van der Waals surface area contributed by atoms with Crippen molar-refractivity contribution in [3.8, 4) is 0 Å². The molecule has 1 saturated heterocycles. The SMILES string of the molecule is CC(O)CC1CCCN(C(=O)OC(C)(C)C)C1.Cc1cc2c(cnn2PI)c(Br)c1CCC(=O)CNC=O. The fourth-order valence-electron chi connectivity index (χ4n) is 4.41. The fraction of sp³-hybridized carbons (Fsp3) is 0.615. The van der Waals surface area contributed by atoms with Crippen molar-refractivity contribution in [1.82, 2.24) is 19.8 Å². The van der Waals surface area contributed by atoms with Crippen LogP contribution in [0.5, 0.6) is 0 Å². The van der Waals surface area contributed by atoms with Crippen LogP contribution in [0.1, 0.15) is 64.5 Å². The van der Waals surface area contributed by atoms with Crippen molar-refractivity contribution in [3.63, 3.8) is 0 Å². The summed E-state index contributed by atoms with van der Waals surface area (Å²) in [6.07, 6.45) is 6.34. The van der Waals surface area contributed by atoms with E-state index in [1.807, 2.05) is 38.3 Å². The number of aromatic nitrogens is 2. The highest BCUT2D eigenvalue weighted by Crippen LogP contribution is 2.35. The van der Waals surface area contributed by atoms with Crippen LogP contribution in [0.15, 0.2) is 16.7 Å². The Labute approximate surface area is 248 Å². The zero-order valence-electron chi connectivity index (χ0n) is 22.7. The zero-order valence-corrected chi connectivity index (χ0v) is 27.5. The number of hydrogen-bond donors (Lipinski definition) is 2. The van der Waals surface area contributed by atoms with Crippen LogP contribution in [0.4, 0.5) is 4.79 Å². The Kier molecular flexibility index (Phi) is 13.4. The average molecular weight is 725 g/mol. The van der Waals surface area contributed by atoms with E-state index < -0.39 is 5.60 Å². The number of ketones is 1. The van der Waals surface area contributed by atoms with Gasteiger partial charge >= 0.3 is 6.09 Å². The second-order valence-corrected chi connectivity index (χ2v) is 13.4. The summed E-state index contributed by atoms with van der Waals surface area (Å²) in [5.41, 5.74) is 2.93. The molecule has 1 aliphatic heterocycles. The van der Waals surface area contributed by atoms with E-state index >= 15 is 0 Å². The van der Waals surface area contributed by atoms with Crippen LogP contribution in [0.25, 0.3) is 10.9 Å². The van der Waals surface area contributed by atoms with Gasteiger partial charge in [0.05, 0.1) is 30.7 Å². The van der Waals surface area contributed by atoms with Crippen LogP contribution in [0.2, 0.25) is 0 Å². The summed E-state index contributed by atoms with van der Waals surface area (Å²) in [7, 11) is 0. The highest BCUT2D eigenvalue weighted by molar-refractivity contribution is 14.2. The van der Waals surface area contributed by atoms with Gasteiger partial charge < -0.3 is 20.1 Å². The number of nitrogens with zero attached hydrogens (tertiary/aromatic N) is 3. The molecule has 38 heavy (non-hydrogen) atoms. The molecule has 1 fully saturated rings. The van der Waals surface area contributed by atoms with Crippen LogP contribution in [0, 0.1) is 12.8 Å². The maximum Gasteiger partial charge on any atom is 0.410 e. The smallest absolute Gasteiger partial charge is 0.410 e. The Bertz CT molecular complexity index is 1110. The van der Waals surface area contributed by atoms with Crippen molar-refractivity contribution in [1.29, 1.82) is 0 Å². The van der Waals surface area contributed by atoms with Crippen molar-refractivity contribution in [2.24, 2.45) is 5.92 Å². The third-order valence-corrected chi connectivity index (χ3v) is 8.89. The monoisotopic (exact) mass is 724 g/mol. The van der Waals surface area contributed by atoms with Gasteiger partial charge in [0.1, 0.15) is 5.60 Å². The molecule has 2 amide bonds. The summed E-state index contributed by atoms with van der Waals surface area (Å²) < 4.78 is 8.33. The zero-order chi connectivity index (χ0) is 28.5. The van der Waals surface area contributed by atoms with Gasteiger partial charge in [-0.15, -0.1) is 0 Å². The van der Waals surface area contributed by atoms with Gasteiger partial charge in [-0.2, -0.15) is 5.10 Å². The number of piperidine rings is 1. The number of aryl methyl sites for hydroxylation is 1. The van der Waals surface area contributed by atoms with E-state index in [1.54, 1.807) is 11.8 Å². The third kappa shape index (κ3) is 10.4. The van der Waals surface area contributed by atoms with Crippen LogP contribution >= 0.6 is 44.3 Å². The third-order valence-electron chi connectivity index (χ3n) is 6.10. The molecule has 3 rings (SSSR count). The van der Waals surface area contributed by atoms with Crippen LogP contribution in [-0.4, -0.2) is 69.2 Å². The summed E-state index contributed by atoms with van der Waals surface area (Å²) in [5.74, 6) is 0.425. The molecule has 0 saturated carbocycles. The molecule has 2 aromatic rings. The number of nitrogens with one attached hydrogen (secondary N) is 1. The van der Waals surface area contributed by atoms with Gasteiger partial charge in [0.15, 0.2) is 5.78 Å². The minimum atomic E-state index is -0.436. The van der Waals surface area contributed by atoms with Gasteiger partial charge in [-0.25, -0.2) is 9.25 Å². The highest BCUT2D eigenvalue weighted by Gasteiger charge is 2.28. The molecule has 9 nitrogen and oxygen atoms in total. The molecule has 1 aromatic carbocycles. The Balaban J connectivity index is 0.000000273. The van der Waals surface area contributed by atoms with Gasteiger partial charge in [0, 0.05) is 29.4 Å². The van der Waals surface area contributed by atoms with Crippen molar-refractivity contribution in [2.45, 2.75) is 78.4 Å². The van der Waals surface area contributed by atoms with E-state index in [0.29, 0.717) is 38.1 Å². The molecule has 12 heteroatoms. The van der Waals surface area contributed by atoms with Gasteiger partial charge in [0.25, 0.3) is 0 Å². The van der Waals surface area contributed by atoms with E-state index in [9.17, 15) is 19.5 Å².